The molecule has 21 heavy (non-hydrogen) atoms. The first-order valence-corrected chi connectivity index (χ1v) is 6.37. The summed E-state index contributed by atoms with van der Waals surface area (Å²) < 4.78 is 9.85. The Labute approximate surface area is 123 Å². The van der Waals surface area contributed by atoms with Crippen LogP contribution in [0.4, 0.5) is 0 Å². The van der Waals surface area contributed by atoms with Crippen LogP contribution < -0.4 is 15.5 Å². The Morgan fingerprint density at radius 1 is 1.29 bits per heavy atom. The van der Waals surface area contributed by atoms with E-state index in [0.29, 0.717) is 18.9 Å². The molecule has 114 valence electrons. The third kappa shape index (κ3) is 7.07. The Kier molecular flexibility index (Phi) is 7.52. The highest BCUT2D eigenvalue weighted by molar-refractivity contribution is 5.97. The molecule has 7 nitrogen and oxygen atoms in total. The summed E-state index contributed by atoms with van der Waals surface area (Å²) in [7, 11) is 3.10. The van der Waals surface area contributed by atoms with E-state index in [0.717, 1.165) is 5.56 Å². The molecule has 0 bridgehead atoms. The predicted molar refractivity (Wildman–Crippen MR) is 78.2 cm³/mol. The Morgan fingerprint density at radius 2 is 2.10 bits per heavy atom. The lowest BCUT2D eigenvalue weighted by molar-refractivity contribution is -0.129. The van der Waals surface area contributed by atoms with Crippen LogP contribution in [-0.2, 0) is 14.3 Å². The first-order chi connectivity index (χ1) is 10.2. The Balaban J connectivity index is 2.34. The van der Waals surface area contributed by atoms with Gasteiger partial charge in [-0.2, -0.15) is 5.10 Å². The number of carbonyl (C=O) groups excluding carboxylic acids is 2. The second-order valence-corrected chi connectivity index (χ2v) is 4.09. The Bertz CT molecular complexity index is 503. The summed E-state index contributed by atoms with van der Waals surface area (Å²) in [6, 6.07) is 7.20. The highest BCUT2D eigenvalue weighted by Crippen LogP contribution is 2.10. The van der Waals surface area contributed by atoms with E-state index in [1.807, 2.05) is 12.1 Å². The number of nitrogens with one attached hydrogen (secondary N) is 2. The SMILES string of the molecule is COCCNC(=O)CC(=O)N/N=C/c1cccc(OC)c1. The molecular formula is C14H19N3O4. The zero-order valence-electron chi connectivity index (χ0n) is 12.1. The van der Waals surface area contributed by atoms with Gasteiger partial charge in [0.2, 0.25) is 11.8 Å². The van der Waals surface area contributed by atoms with Crippen LogP contribution >= 0.6 is 0 Å². The van der Waals surface area contributed by atoms with Gasteiger partial charge in [0, 0.05) is 13.7 Å². The van der Waals surface area contributed by atoms with Gasteiger partial charge in [-0.1, -0.05) is 12.1 Å². The minimum Gasteiger partial charge on any atom is -0.497 e. The molecule has 0 heterocycles. The normalized spacial score (nSPS) is 10.4. The van der Waals surface area contributed by atoms with Crippen LogP contribution in [0.15, 0.2) is 29.4 Å². The summed E-state index contributed by atoms with van der Waals surface area (Å²) >= 11 is 0. The molecule has 0 radical (unpaired) electrons. The first-order valence-electron chi connectivity index (χ1n) is 6.37. The van der Waals surface area contributed by atoms with Crippen molar-refractivity contribution in [2.24, 2.45) is 5.10 Å². The lowest BCUT2D eigenvalue weighted by atomic mass is 10.2. The summed E-state index contributed by atoms with van der Waals surface area (Å²) in [4.78, 5) is 22.8. The van der Waals surface area contributed by atoms with Crippen LogP contribution in [0.25, 0.3) is 0 Å². The molecule has 1 aromatic carbocycles. The standard InChI is InChI=1S/C14H19N3O4/c1-20-7-6-15-13(18)9-14(19)17-16-10-11-4-3-5-12(8-11)21-2/h3-5,8,10H,6-7,9H2,1-2H3,(H,15,18)(H,17,19)/b16-10+. The molecule has 0 aliphatic carbocycles. The second-order valence-electron chi connectivity index (χ2n) is 4.09. The van der Waals surface area contributed by atoms with Gasteiger partial charge in [-0.15, -0.1) is 0 Å². The smallest absolute Gasteiger partial charge is 0.249 e. The highest BCUT2D eigenvalue weighted by Gasteiger charge is 2.07. The molecule has 0 atom stereocenters. The van der Waals surface area contributed by atoms with E-state index in [2.05, 4.69) is 15.8 Å². The Hall–Kier alpha value is -2.41. The third-order valence-corrected chi connectivity index (χ3v) is 2.45. The minimum absolute atomic E-state index is 0.279. The topological polar surface area (TPSA) is 89.0 Å². The quantitative estimate of drug-likeness (QED) is 0.312. The molecule has 0 fully saturated rings. The molecule has 0 unspecified atom stereocenters. The fraction of sp³-hybridized carbons (Fsp3) is 0.357. The van der Waals surface area contributed by atoms with E-state index < -0.39 is 5.91 Å². The van der Waals surface area contributed by atoms with Gasteiger partial charge in [0.25, 0.3) is 0 Å². The summed E-state index contributed by atoms with van der Waals surface area (Å²) in [6.45, 7) is 0.775. The van der Waals surface area contributed by atoms with Crippen molar-refractivity contribution in [2.75, 3.05) is 27.4 Å². The van der Waals surface area contributed by atoms with E-state index >= 15 is 0 Å². The van der Waals surface area contributed by atoms with Gasteiger partial charge in [0.05, 0.1) is 19.9 Å². The van der Waals surface area contributed by atoms with Crippen molar-refractivity contribution in [3.63, 3.8) is 0 Å². The van der Waals surface area contributed by atoms with Crippen LogP contribution in [0.3, 0.4) is 0 Å². The van der Waals surface area contributed by atoms with Crippen LogP contribution in [0.2, 0.25) is 0 Å². The lowest BCUT2D eigenvalue weighted by Gasteiger charge is -2.03. The number of hydrogen-bond acceptors (Lipinski definition) is 5. The molecule has 0 saturated carbocycles. The molecule has 0 aliphatic rings. The van der Waals surface area contributed by atoms with Gasteiger partial charge < -0.3 is 14.8 Å². The van der Waals surface area contributed by atoms with Crippen LogP contribution in [0, 0.1) is 0 Å². The minimum atomic E-state index is -0.482. The summed E-state index contributed by atoms with van der Waals surface area (Å²) in [5, 5.41) is 6.33. The van der Waals surface area contributed by atoms with Crippen molar-refractivity contribution in [1.82, 2.24) is 10.7 Å². The summed E-state index contributed by atoms with van der Waals surface area (Å²) in [6.07, 6.45) is 1.20. The molecular weight excluding hydrogens is 274 g/mol. The van der Waals surface area contributed by atoms with Crippen molar-refractivity contribution in [2.45, 2.75) is 6.42 Å². The van der Waals surface area contributed by atoms with E-state index in [1.165, 1.54) is 13.3 Å². The van der Waals surface area contributed by atoms with Gasteiger partial charge >= 0.3 is 0 Å². The molecule has 0 aromatic heterocycles. The third-order valence-electron chi connectivity index (χ3n) is 2.45. The van der Waals surface area contributed by atoms with Gasteiger partial charge in [0.1, 0.15) is 12.2 Å². The number of carbonyl (C=O) groups is 2. The average molecular weight is 293 g/mol. The van der Waals surface area contributed by atoms with E-state index in [4.69, 9.17) is 9.47 Å². The largest absolute Gasteiger partial charge is 0.497 e. The van der Waals surface area contributed by atoms with Gasteiger partial charge in [0.15, 0.2) is 0 Å². The molecule has 0 spiro atoms. The van der Waals surface area contributed by atoms with Crippen molar-refractivity contribution < 1.29 is 19.1 Å². The number of benzene rings is 1. The van der Waals surface area contributed by atoms with E-state index in [1.54, 1.807) is 19.2 Å². The summed E-state index contributed by atoms with van der Waals surface area (Å²) in [5.41, 5.74) is 3.06. The van der Waals surface area contributed by atoms with Crippen LogP contribution in [-0.4, -0.2) is 45.4 Å². The van der Waals surface area contributed by atoms with Gasteiger partial charge in [-0.25, -0.2) is 5.43 Å². The highest BCUT2D eigenvalue weighted by atomic mass is 16.5. The van der Waals surface area contributed by atoms with Gasteiger partial charge in [-0.05, 0) is 17.7 Å². The fourth-order valence-electron chi connectivity index (χ4n) is 1.44. The van der Waals surface area contributed by atoms with Crippen LogP contribution in [0.5, 0.6) is 5.75 Å². The number of nitrogens with zero attached hydrogens (tertiary/aromatic N) is 1. The Morgan fingerprint density at radius 3 is 2.81 bits per heavy atom. The van der Waals surface area contributed by atoms with E-state index in [-0.39, 0.29) is 12.3 Å². The molecule has 1 aromatic rings. The molecule has 2 amide bonds. The van der Waals surface area contributed by atoms with Crippen molar-refractivity contribution in [1.29, 1.82) is 0 Å². The average Bonchev–Trinajstić information content (AvgIpc) is 2.47. The predicted octanol–water partition coefficient (Wildman–Crippen LogP) is 0.298. The van der Waals surface area contributed by atoms with Crippen molar-refractivity contribution in [3.8, 4) is 5.75 Å². The number of amides is 2. The lowest BCUT2D eigenvalue weighted by Crippen LogP contribution is -2.31. The van der Waals surface area contributed by atoms with Gasteiger partial charge in [-0.3, -0.25) is 9.59 Å². The maximum absolute atomic E-state index is 11.5. The number of hydrazone groups is 1. The van der Waals surface area contributed by atoms with Crippen molar-refractivity contribution in [3.05, 3.63) is 29.8 Å². The van der Waals surface area contributed by atoms with E-state index in [9.17, 15) is 9.59 Å². The van der Waals surface area contributed by atoms with Crippen LogP contribution in [0.1, 0.15) is 12.0 Å². The van der Waals surface area contributed by atoms with Crippen molar-refractivity contribution >= 4 is 18.0 Å². The maximum atomic E-state index is 11.5. The molecule has 7 heteroatoms. The summed E-state index contributed by atoms with van der Waals surface area (Å²) in [5.74, 6) is -0.159. The molecule has 1 rings (SSSR count). The number of ether oxygens (including phenoxy) is 2. The fourth-order valence-corrected chi connectivity index (χ4v) is 1.44. The first kappa shape index (κ1) is 16.6. The number of methoxy groups -OCH3 is 2. The number of rotatable bonds is 8. The number of hydrogen-bond donors (Lipinski definition) is 2. The molecule has 2 N–H and O–H groups in total. The zero-order valence-corrected chi connectivity index (χ0v) is 12.1. The molecule has 0 saturated heterocycles. The maximum Gasteiger partial charge on any atom is 0.249 e. The molecule has 0 aliphatic heterocycles. The monoisotopic (exact) mass is 293 g/mol. The zero-order chi connectivity index (χ0) is 15.5. The second kappa shape index (κ2) is 9.49.